The normalized spacial score (nSPS) is 17.1. The van der Waals surface area contributed by atoms with Gasteiger partial charge in [0.25, 0.3) is 11.8 Å². The Hall–Kier alpha value is -4.08. The molecular weight excluding hydrogens is 487 g/mol. The Labute approximate surface area is 209 Å². The summed E-state index contributed by atoms with van der Waals surface area (Å²) in [7, 11) is 0. The van der Waals surface area contributed by atoms with Crippen LogP contribution >= 0.6 is 11.6 Å². The average Bonchev–Trinajstić information content (AvgIpc) is 3.48. The van der Waals surface area contributed by atoms with Gasteiger partial charge in [-0.2, -0.15) is 0 Å². The molecule has 4 aromatic rings. The third kappa shape index (κ3) is 3.82. The number of aromatic nitrogens is 2. The Morgan fingerprint density at radius 3 is 2.53 bits per heavy atom. The molecule has 1 atom stereocenters. The number of halogens is 2. The van der Waals surface area contributed by atoms with Gasteiger partial charge in [0.2, 0.25) is 0 Å². The number of hydrogen-bond acceptors (Lipinski definition) is 7. The van der Waals surface area contributed by atoms with E-state index in [1.54, 1.807) is 36.4 Å². The zero-order valence-electron chi connectivity index (χ0n) is 18.7. The van der Waals surface area contributed by atoms with Crippen molar-refractivity contribution in [3.8, 4) is 5.75 Å². The monoisotopic (exact) mass is 504 g/mol. The summed E-state index contributed by atoms with van der Waals surface area (Å²) >= 11 is 5.93. The highest BCUT2D eigenvalue weighted by Crippen LogP contribution is 2.40. The fourth-order valence-corrected chi connectivity index (χ4v) is 4.53. The molecule has 0 spiro atoms. The Bertz CT molecular complexity index is 1510. The van der Waals surface area contributed by atoms with Gasteiger partial charge in [0.15, 0.2) is 0 Å². The third-order valence-corrected chi connectivity index (χ3v) is 6.40. The van der Waals surface area contributed by atoms with Crippen LogP contribution in [0.15, 0.2) is 60.9 Å². The van der Waals surface area contributed by atoms with Gasteiger partial charge in [0, 0.05) is 23.6 Å². The molecule has 36 heavy (non-hydrogen) atoms. The maximum Gasteiger partial charge on any atom is 0.266 e. The Morgan fingerprint density at radius 2 is 1.83 bits per heavy atom. The van der Waals surface area contributed by atoms with Crippen molar-refractivity contribution in [3.63, 3.8) is 0 Å². The van der Waals surface area contributed by atoms with Crippen molar-refractivity contribution in [1.29, 1.82) is 0 Å². The number of amides is 2. The molecule has 2 aliphatic heterocycles. The lowest BCUT2D eigenvalue weighted by molar-refractivity contribution is 0.0923. The average molecular weight is 505 g/mol. The minimum atomic E-state index is -0.541. The number of fused-ring (bicyclic) bond motifs is 2. The van der Waals surface area contributed by atoms with E-state index in [1.165, 1.54) is 24.5 Å². The third-order valence-electron chi connectivity index (χ3n) is 6.11. The first-order valence-corrected chi connectivity index (χ1v) is 11.6. The predicted octanol–water partition coefficient (Wildman–Crippen LogP) is 5.13. The van der Waals surface area contributed by atoms with Crippen molar-refractivity contribution >= 4 is 51.5 Å². The molecule has 2 aliphatic rings. The molecule has 3 aromatic carbocycles. The van der Waals surface area contributed by atoms with Crippen molar-refractivity contribution in [2.45, 2.75) is 12.5 Å². The molecule has 2 amide bonds. The Kier molecular flexibility index (Phi) is 5.50. The summed E-state index contributed by atoms with van der Waals surface area (Å²) in [5, 5.41) is 3.60. The second-order valence-electron chi connectivity index (χ2n) is 8.41. The van der Waals surface area contributed by atoms with Crippen LogP contribution in [0.4, 0.5) is 21.6 Å². The highest BCUT2D eigenvalue weighted by molar-refractivity contribution is 6.35. The molecule has 8 nitrogen and oxygen atoms in total. The maximum absolute atomic E-state index is 13.6. The van der Waals surface area contributed by atoms with E-state index in [0.717, 1.165) is 4.90 Å². The van der Waals surface area contributed by atoms with Crippen LogP contribution in [0.5, 0.6) is 5.75 Å². The fourth-order valence-electron chi connectivity index (χ4n) is 4.35. The summed E-state index contributed by atoms with van der Waals surface area (Å²) in [6, 6.07) is 14.2. The minimum Gasteiger partial charge on any atom is -0.486 e. The molecular formula is C26H18ClFN4O4. The van der Waals surface area contributed by atoms with E-state index in [9.17, 15) is 14.0 Å². The van der Waals surface area contributed by atoms with Gasteiger partial charge in [-0.1, -0.05) is 23.7 Å². The number of ether oxygens (including phenoxy) is 2. The van der Waals surface area contributed by atoms with Crippen LogP contribution in [0.25, 0.3) is 10.9 Å². The molecule has 0 saturated carbocycles. The molecule has 3 heterocycles. The zero-order chi connectivity index (χ0) is 24.8. The van der Waals surface area contributed by atoms with Crippen molar-refractivity contribution in [3.05, 3.63) is 82.9 Å². The summed E-state index contributed by atoms with van der Waals surface area (Å²) in [6.45, 7) is 0.971. The number of rotatable bonds is 5. The quantitative estimate of drug-likeness (QED) is 0.376. The van der Waals surface area contributed by atoms with Crippen molar-refractivity contribution in [1.82, 2.24) is 9.97 Å². The molecule has 10 heteroatoms. The van der Waals surface area contributed by atoms with Crippen molar-refractivity contribution < 1.29 is 23.5 Å². The number of hydrogen-bond donors (Lipinski definition) is 1. The highest BCUT2D eigenvalue weighted by Gasteiger charge is 2.38. The second-order valence-corrected chi connectivity index (χ2v) is 8.82. The van der Waals surface area contributed by atoms with Gasteiger partial charge in [0.1, 0.15) is 29.8 Å². The first kappa shape index (κ1) is 22.4. The Morgan fingerprint density at radius 1 is 1.06 bits per heavy atom. The first-order valence-electron chi connectivity index (χ1n) is 11.2. The molecule has 1 N–H and O–H groups in total. The van der Waals surface area contributed by atoms with Gasteiger partial charge in [-0.05, 0) is 36.4 Å². The van der Waals surface area contributed by atoms with Gasteiger partial charge in [0.05, 0.1) is 40.6 Å². The number of nitrogens with zero attached hydrogens (tertiary/aromatic N) is 3. The van der Waals surface area contributed by atoms with Gasteiger partial charge in [-0.15, -0.1) is 0 Å². The number of carbonyl (C=O) groups excluding carboxylic acids is 2. The topological polar surface area (TPSA) is 93.7 Å². The lowest BCUT2D eigenvalue weighted by Gasteiger charge is -2.22. The molecule has 6 rings (SSSR count). The molecule has 0 bridgehead atoms. The van der Waals surface area contributed by atoms with Gasteiger partial charge in [-0.25, -0.2) is 19.3 Å². The zero-order valence-corrected chi connectivity index (χ0v) is 19.5. The smallest absolute Gasteiger partial charge is 0.266 e. The lowest BCUT2D eigenvalue weighted by Crippen LogP contribution is -2.30. The summed E-state index contributed by atoms with van der Waals surface area (Å²) in [5.74, 6) is -0.711. The molecule has 180 valence electrons. The van der Waals surface area contributed by atoms with Crippen molar-refractivity contribution in [2.24, 2.45) is 0 Å². The second kappa shape index (κ2) is 8.85. The first-order chi connectivity index (χ1) is 17.5. The maximum atomic E-state index is 13.6. The van der Waals surface area contributed by atoms with E-state index in [1.807, 2.05) is 0 Å². The van der Waals surface area contributed by atoms with Crippen LogP contribution in [0.2, 0.25) is 5.02 Å². The lowest BCUT2D eigenvalue weighted by atomic mass is 10.1. The van der Waals surface area contributed by atoms with E-state index in [4.69, 9.17) is 21.1 Å². The van der Waals surface area contributed by atoms with Crippen LogP contribution in [-0.2, 0) is 4.74 Å². The molecule has 0 radical (unpaired) electrons. The molecule has 0 aliphatic carbocycles. The Balaban J connectivity index is 1.48. The minimum absolute atomic E-state index is 0.0421. The van der Waals surface area contributed by atoms with E-state index >= 15 is 0 Å². The number of nitrogens with one attached hydrogen (secondary N) is 1. The summed E-state index contributed by atoms with van der Waals surface area (Å²) < 4.78 is 25.3. The van der Waals surface area contributed by atoms with Crippen LogP contribution in [-0.4, -0.2) is 41.1 Å². The molecule has 1 fully saturated rings. The standard InChI is InChI=1S/C26H18ClFN4O4/c27-19-9-14(5-6-20(19)28)31-24-18-10-22(32-25(33)16-3-1-2-4-17(16)26(32)34)23(11-21(18)29-13-30-24)36-15-7-8-35-12-15/h1-6,9-11,13,15H,7-8,12H2,(H,29,30,31). The highest BCUT2D eigenvalue weighted by atomic mass is 35.5. The van der Waals surface area contributed by atoms with E-state index in [2.05, 4.69) is 15.3 Å². The van der Waals surface area contributed by atoms with Gasteiger partial charge in [-0.3, -0.25) is 9.59 Å². The van der Waals surface area contributed by atoms with E-state index in [0.29, 0.717) is 58.9 Å². The summed E-state index contributed by atoms with van der Waals surface area (Å²) in [4.78, 5) is 36.4. The van der Waals surface area contributed by atoms with E-state index in [-0.39, 0.29) is 16.8 Å². The summed E-state index contributed by atoms with van der Waals surface area (Å²) in [5.41, 5.74) is 1.94. The predicted molar refractivity (Wildman–Crippen MR) is 132 cm³/mol. The molecule has 1 unspecified atom stereocenters. The number of benzene rings is 3. The van der Waals surface area contributed by atoms with Crippen LogP contribution < -0.4 is 15.0 Å². The number of imide groups is 1. The number of carbonyl (C=O) groups is 2. The van der Waals surface area contributed by atoms with Crippen LogP contribution in [0.3, 0.4) is 0 Å². The molecule has 1 saturated heterocycles. The van der Waals surface area contributed by atoms with Crippen molar-refractivity contribution in [2.75, 3.05) is 23.4 Å². The SMILES string of the molecule is O=C1c2ccccc2C(=O)N1c1cc2c(Nc3ccc(F)c(Cl)c3)ncnc2cc1OC1CCOC1. The van der Waals surface area contributed by atoms with Crippen LogP contribution in [0.1, 0.15) is 27.1 Å². The summed E-state index contributed by atoms with van der Waals surface area (Å²) in [6.07, 6.45) is 1.83. The molecule has 1 aromatic heterocycles. The van der Waals surface area contributed by atoms with Gasteiger partial charge < -0.3 is 14.8 Å². The number of anilines is 3. The largest absolute Gasteiger partial charge is 0.486 e. The van der Waals surface area contributed by atoms with Crippen LogP contribution in [0, 0.1) is 5.82 Å². The van der Waals surface area contributed by atoms with E-state index < -0.39 is 17.6 Å². The fraction of sp³-hybridized carbons (Fsp3) is 0.154. The van der Waals surface area contributed by atoms with Gasteiger partial charge >= 0.3 is 0 Å².